The maximum absolute atomic E-state index is 5.81. The van der Waals surface area contributed by atoms with Gasteiger partial charge in [0.05, 0.1) is 5.52 Å². The summed E-state index contributed by atoms with van der Waals surface area (Å²) in [5.74, 6) is 1.72. The Morgan fingerprint density at radius 1 is 1.53 bits per heavy atom. The molecule has 1 fully saturated rings. The molecule has 1 atom stereocenters. The Morgan fingerprint density at radius 2 is 2.33 bits per heavy atom. The minimum Gasteiger partial charge on any atom is -0.340 e. The second-order valence-electron chi connectivity index (χ2n) is 4.32. The van der Waals surface area contributed by atoms with Gasteiger partial charge in [0.2, 0.25) is 0 Å². The molecule has 0 aliphatic heterocycles. The molecular formula is C11H14N4. The molecule has 0 saturated heterocycles. The summed E-state index contributed by atoms with van der Waals surface area (Å²) in [6, 6.07) is 2.07. The van der Waals surface area contributed by atoms with Crippen LogP contribution in [-0.4, -0.2) is 15.0 Å². The predicted octanol–water partition coefficient (Wildman–Crippen LogP) is 1.85. The smallest absolute Gasteiger partial charge is 0.177 e. The van der Waals surface area contributed by atoms with Gasteiger partial charge in [-0.25, -0.2) is 9.97 Å². The average Bonchev–Trinajstić information content (AvgIpc) is 2.97. The van der Waals surface area contributed by atoms with Gasteiger partial charge >= 0.3 is 0 Å². The highest BCUT2D eigenvalue weighted by atomic mass is 15.0. The van der Waals surface area contributed by atoms with Crippen LogP contribution in [0.1, 0.15) is 43.1 Å². The van der Waals surface area contributed by atoms with E-state index < -0.39 is 0 Å². The number of fused-ring (bicyclic) bond motifs is 1. The Morgan fingerprint density at radius 3 is 3.00 bits per heavy atom. The molecule has 4 nitrogen and oxygen atoms in total. The summed E-state index contributed by atoms with van der Waals surface area (Å²) in [7, 11) is 0. The largest absolute Gasteiger partial charge is 0.340 e. The number of nitrogens with zero attached hydrogens (tertiary/aromatic N) is 2. The highest BCUT2D eigenvalue weighted by Gasteiger charge is 2.26. The molecule has 15 heavy (non-hydrogen) atoms. The van der Waals surface area contributed by atoms with Gasteiger partial charge in [0.1, 0.15) is 5.82 Å². The van der Waals surface area contributed by atoms with Crippen LogP contribution in [0.25, 0.3) is 11.2 Å². The summed E-state index contributed by atoms with van der Waals surface area (Å²) in [5, 5.41) is 0. The fourth-order valence-corrected chi connectivity index (χ4v) is 1.73. The van der Waals surface area contributed by atoms with Crippen molar-refractivity contribution in [2.45, 2.75) is 31.7 Å². The SMILES string of the molecule is CC(N)c1cnc2nc(C3CC3)[nH]c2c1. The fraction of sp³-hybridized carbons (Fsp3) is 0.455. The number of rotatable bonds is 2. The number of aromatic nitrogens is 3. The maximum Gasteiger partial charge on any atom is 0.177 e. The van der Waals surface area contributed by atoms with E-state index in [1.807, 2.05) is 19.2 Å². The molecule has 0 aromatic carbocycles. The summed E-state index contributed by atoms with van der Waals surface area (Å²) in [6.45, 7) is 1.96. The van der Waals surface area contributed by atoms with Gasteiger partial charge in [-0.2, -0.15) is 0 Å². The maximum atomic E-state index is 5.81. The van der Waals surface area contributed by atoms with Gasteiger partial charge in [-0.15, -0.1) is 0 Å². The molecule has 78 valence electrons. The summed E-state index contributed by atoms with van der Waals surface area (Å²) >= 11 is 0. The Bertz CT molecular complexity index is 496. The van der Waals surface area contributed by atoms with Crippen molar-refractivity contribution in [3.63, 3.8) is 0 Å². The summed E-state index contributed by atoms with van der Waals surface area (Å²) in [6.07, 6.45) is 4.31. The third-order valence-corrected chi connectivity index (χ3v) is 2.87. The van der Waals surface area contributed by atoms with E-state index in [4.69, 9.17) is 5.73 Å². The number of imidazole rings is 1. The zero-order valence-electron chi connectivity index (χ0n) is 8.70. The van der Waals surface area contributed by atoms with Crippen molar-refractivity contribution in [3.8, 4) is 0 Å². The Labute approximate surface area is 87.9 Å². The first-order valence-electron chi connectivity index (χ1n) is 5.35. The minimum absolute atomic E-state index is 0.0228. The lowest BCUT2D eigenvalue weighted by Gasteiger charge is -2.02. The molecule has 1 unspecified atom stereocenters. The number of aromatic amines is 1. The second-order valence-corrected chi connectivity index (χ2v) is 4.32. The summed E-state index contributed by atoms with van der Waals surface area (Å²) in [4.78, 5) is 12.1. The number of hydrogen-bond donors (Lipinski definition) is 2. The quantitative estimate of drug-likeness (QED) is 0.781. The number of pyridine rings is 1. The van der Waals surface area contributed by atoms with Crippen molar-refractivity contribution in [1.29, 1.82) is 0 Å². The lowest BCUT2D eigenvalue weighted by molar-refractivity contribution is 0.814. The fourth-order valence-electron chi connectivity index (χ4n) is 1.73. The molecule has 0 radical (unpaired) electrons. The average molecular weight is 202 g/mol. The molecule has 0 bridgehead atoms. The van der Waals surface area contributed by atoms with E-state index in [1.54, 1.807) is 0 Å². The topological polar surface area (TPSA) is 67.6 Å². The Hall–Kier alpha value is -1.42. The van der Waals surface area contributed by atoms with Gasteiger partial charge in [-0.3, -0.25) is 0 Å². The monoisotopic (exact) mass is 202 g/mol. The molecule has 2 heterocycles. The first-order valence-corrected chi connectivity index (χ1v) is 5.35. The second kappa shape index (κ2) is 3.03. The minimum atomic E-state index is 0.0228. The van der Waals surface area contributed by atoms with E-state index in [0.717, 1.165) is 22.6 Å². The number of hydrogen-bond acceptors (Lipinski definition) is 3. The third kappa shape index (κ3) is 1.51. The molecule has 1 saturated carbocycles. The van der Waals surface area contributed by atoms with Gasteiger partial charge in [0, 0.05) is 18.2 Å². The molecule has 4 heteroatoms. The van der Waals surface area contributed by atoms with Crippen LogP contribution in [0.3, 0.4) is 0 Å². The van der Waals surface area contributed by atoms with E-state index in [-0.39, 0.29) is 6.04 Å². The van der Waals surface area contributed by atoms with Crippen LogP contribution < -0.4 is 5.73 Å². The van der Waals surface area contributed by atoms with Crippen LogP contribution in [0.5, 0.6) is 0 Å². The molecule has 1 aliphatic rings. The van der Waals surface area contributed by atoms with Crippen LogP contribution in [0, 0.1) is 0 Å². The number of nitrogens with two attached hydrogens (primary N) is 1. The molecule has 3 rings (SSSR count). The summed E-state index contributed by atoms with van der Waals surface area (Å²) < 4.78 is 0. The van der Waals surface area contributed by atoms with E-state index in [2.05, 4.69) is 15.0 Å². The van der Waals surface area contributed by atoms with Crippen LogP contribution >= 0.6 is 0 Å². The summed E-state index contributed by atoms with van der Waals surface area (Å²) in [5.41, 5.74) is 8.67. The number of H-pyrrole nitrogens is 1. The molecule has 0 spiro atoms. The van der Waals surface area contributed by atoms with Crippen molar-refractivity contribution in [1.82, 2.24) is 15.0 Å². The van der Waals surface area contributed by atoms with Gasteiger partial charge in [0.15, 0.2) is 5.65 Å². The van der Waals surface area contributed by atoms with Gasteiger partial charge in [-0.1, -0.05) is 0 Å². The van der Waals surface area contributed by atoms with Crippen LogP contribution in [-0.2, 0) is 0 Å². The lowest BCUT2D eigenvalue weighted by atomic mass is 10.1. The standard InChI is InChI=1S/C11H14N4/c1-6(12)8-4-9-11(13-5-8)15-10(14-9)7-2-3-7/h4-7H,2-3,12H2,1H3,(H,13,14,15). The van der Waals surface area contributed by atoms with E-state index >= 15 is 0 Å². The zero-order chi connectivity index (χ0) is 10.4. The van der Waals surface area contributed by atoms with Crippen LogP contribution in [0.15, 0.2) is 12.3 Å². The predicted molar refractivity (Wildman–Crippen MR) is 58.5 cm³/mol. The molecule has 0 amide bonds. The first kappa shape index (κ1) is 8.85. The van der Waals surface area contributed by atoms with Crippen molar-refractivity contribution in [2.24, 2.45) is 5.73 Å². The van der Waals surface area contributed by atoms with Crippen LogP contribution in [0.4, 0.5) is 0 Å². The zero-order valence-corrected chi connectivity index (χ0v) is 8.70. The third-order valence-electron chi connectivity index (χ3n) is 2.87. The van der Waals surface area contributed by atoms with Crippen molar-refractivity contribution in [2.75, 3.05) is 0 Å². The van der Waals surface area contributed by atoms with Crippen molar-refractivity contribution >= 4 is 11.2 Å². The van der Waals surface area contributed by atoms with E-state index in [1.165, 1.54) is 12.8 Å². The number of nitrogens with one attached hydrogen (secondary N) is 1. The van der Waals surface area contributed by atoms with Crippen molar-refractivity contribution < 1.29 is 0 Å². The van der Waals surface area contributed by atoms with Crippen LogP contribution in [0.2, 0.25) is 0 Å². The first-order chi connectivity index (χ1) is 7.24. The lowest BCUT2D eigenvalue weighted by Crippen LogP contribution is -2.04. The van der Waals surface area contributed by atoms with E-state index in [9.17, 15) is 0 Å². The highest BCUT2D eigenvalue weighted by Crippen LogP contribution is 2.38. The molecule has 1 aliphatic carbocycles. The normalized spacial score (nSPS) is 18.3. The molecule has 3 N–H and O–H groups in total. The van der Waals surface area contributed by atoms with Gasteiger partial charge in [-0.05, 0) is 31.4 Å². The Kier molecular flexibility index (Phi) is 1.79. The highest BCUT2D eigenvalue weighted by molar-refractivity contribution is 5.71. The molecule has 2 aromatic rings. The van der Waals surface area contributed by atoms with E-state index in [0.29, 0.717) is 5.92 Å². The Balaban J connectivity index is 2.09. The van der Waals surface area contributed by atoms with Gasteiger partial charge in [0.25, 0.3) is 0 Å². The van der Waals surface area contributed by atoms with Crippen molar-refractivity contribution in [3.05, 3.63) is 23.7 Å². The molecular weight excluding hydrogens is 188 g/mol. The molecule has 2 aromatic heterocycles. The van der Waals surface area contributed by atoms with Gasteiger partial charge < -0.3 is 10.7 Å².